The molecule has 3 fully saturated rings. The highest BCUT2D eigenvalue weighted by molar-refractivity contribution is 6.09. The van der Waals surface area contributed by atoms with E-state index >= 15 is 0 Å². The Labute approximate surface area is 166 Å². The van der Waals surface area contributed by atoms with Crippen LogP contribution in [-0.2, 0) is 14.4 Å². The molecule has 1 saturated carbocycles. The van der Waals surface area contributed by atoms with Gasteiger partial charge in [-0.2, -0.15) is 0 Å². The molecule has 2 aliphatic heterocycles. The molecule has 0 unspecified atom stereocenters. The molecule has 1 spiro atoms. The Kier molecular flexibility index (Phi) is 5.13. The van der Waals surface area contributed by atoms with Crippen molar-refractivity contribution in [1.29, 1.82) is 0 Å². The van der Waals surface area contributed by atoms with Gasteiger partial charge in [0.25, 0.3) is 0 Å². The molecule has 0 radical (unpaired) electrons. The summed E-state index contributed by atoms with van der Waals surface area (Å²) in [4.78, 5) is 41.3. The van der Waals surface area contributed by atoms with Crippen LogP contribution in [0.3, 0.4) is 0 Å². The summed E-state index contributed by atoms with van der Waals surface area (Å²) in [6.45, 7) is 4.01. The first-order valence-electron chi connectivity index (χ1n) is 10.5. The number of aryl methyl sites for hydroxylation is 1. The smallest absolute Gasteiger partial charge is 0.244 e. The third kappa shape index (κ3) is 3.52. The average molecular weight is 383 g/mol. The van der Waals surface area contributed by atoms with Crippen molar-refractivity contribution in [2.45, 2.75) is 58.3 Å². The standard InChI is InChI=1S/C22H29N3O3/c1-16-13-17(7-8-18(16)24-11-5-6-12-24)23-19(26)15-25-20(27)14-22(21(25)28)9-3-2-4-10-22/h7-8,13H,2-6,9-12,14-15H2,1H3,(H,23,26). The molecule has 4 rings (SSSR count). The number of nitrogens with one attached hydrogen (secondary N) is 1. The van der Waals surface area contributed by atoms with Crippen LogP contribution in [0.4, 0.5) is 11.4 Å². The van der Waals surface area contributed by atoms with Gasteiger partial charge in [0.15, 0.2) is 0 Å². The molecule has 6 heteroatoms. The summed E-state index contributed by atoms with van der Waals surface area (Å²) < 4.78 is 0. The lowest BCUT2D eigenvalue weighted by molar-refractivity contribution is -0.144. The van der Waals surface area contributed by atoms with E-state index in [1.807, 2.05) is 25.1 Å². The Morgan fingerprint density at radius 1 is 1.07 bits per heavy atom. The van der Waals surface area contributed by atoms with Crippen molar-refractivity contribution in [2.75, 3.05) is 29.9 Å². The molecule has 6 nitrogen and oxygen atoms in total. The molecule has 1 aliphatic carbocycles. The number of imide groups is 1. The zero-order valence-electron chi connectivity index (χ0n) is 16.6. The zero-order chi connectivity index (χ0) is 19.7. The minimum absolute atomic E-state index is 0.145. The molecule has 1 aromatic rings. The normalized spacial score (nSPS) is 21.6. The Morgan fingerprint density at radius 3 is 2.46 bits per heavy atom. The number of hydrogen-bond acceptors (Lipinski definition) is 4. The van der Waals surface area contributed by atoms with Crippen LogP contribution in [0.15, 0.2) is 18.2 Å². The van der Waals surface area contributed by atoms with E-state index in [-0.39, 0.29) is 30.7 Å². The first kappa shape index (κ1) is 19.0. The fourth-order valence-corrected chi connectivity index (χ4v) is 5.03. The number of nitrogens with zero attached hydrogens (tertiary/aromatic N) is 2. The number of amides is 3. The lowest BCUT2D eigenvalue weighted by atomic mass is 9.73. The van der Waals surface area contributed by atoms with Gasteiger partial charge in [-0.3, -0.25) is 19.3 Å². The lowest BCUT2D eigenvalue weighted by Gasteiger charge is -2.30. The van der Waals surface area contributed by atoms with Gasteiger partial charge in [-0.1, -0.05) is 19.3 Å². The van der Waals surface area contributed by atoms with E-state index in [0.29, 0.717) is 5.69 Å². The number of likely N-dealkylation sites (tertiary alicyclic amines) is 1. The molecule has 0 bridgehead atoms. The fraction of sp³-hybridized carbons (Fsp3) is 0.591. The second-order valence-electron chi connectivity index (χ2n) is 8.55. The minimum atomic E-state index is -0.538. The van der Waals surface area contributed by atoms with Crippen LogP contribution in [0.2, 0.25) is 0 Å². The summed E-state index contributed by atoms with van der Waals surface area (Å²) in [5, 5.41) is 2.86. The Bertz CT molecular complexity index is 792. The maximum Gasteiger partial charge on any atom is 0.244 e. The van der Waals surface area contributed by atoms with Gasteiger partial charge in [0.2, 0.25) is 17.7 Å². The number of anilines is 2. The summed E-state index contributed by atoms with van der Waals surface area (Å²) >= 11 is 0. The maximum absolute atomic E-state index is 12.8. The van der Waals surface area contributed by atoms with Crippen LogP contribution < -0.4 is 10.2 Å². The number of carbonyl (C=O) groups is 3. The first-order chi connectivity index (χ1) is 13.5. The van der Waals surface area contributed by atoms with Crippen molar-refractivity contribution in [3.8, 4) is 0 Å². The second kappa shape index (κ2) is 7.57. The van der Waals surface area contributed by atoms with Crippen molar-refractivity contribution in [2.24, 2.45) is 5.41 Å². The highest BCUT2D eigenvalue weighted by Crippen LogP contribution is 2.45. The number of benzene rings is 1. The Morgan fingerprint density at radius 2 is 1.79 bits per heavy atom. The predicted octanol–water partition coefficient (Wildman–Crippen LogP) is 3.24. The molecule has 28 heavy (non-hydrogen) atoms. The molecule has 3 amide bonds. The number of carbonyl (C=O) groups excluding carboxylic acids is 3. The highest BCUT2D eigenvalue weighted by Gasteiger charge is 2.51. The van der Waals surface area contributed by atoms with Gasteiger partial charge in [0.05, 0.1) is 5.41 Å². The van der Waals surface area contributed by atoms with Gasteiger partial charge in [-0.15, -0.1) is 0 Å². The lowest BCUT2D eigenvalue weighted by Crippen LogP contribution is -2.41. The van der Waals surface area contributed by atoms with Crippen molar-refractivity contribution in [1.82, 2.24) is 4.90 Å². The molecular formula is C22H29N3O3. The highest BCUT2D eigenvalue weighted by atomic mass is 16.2. The third-order valence-electron chi connectivity index (χ3n) is 6.53. The van der Waals surface area contributed by atoms with Crippen LogP contribution in [-0.4, -0.2) is 42.3 Å². The fourth-order valence-electron chi connectivity index (χ4n) is 5.03. The molecule has 3 aliphatic rings. The van der Waals surface area contributed by atoms with Crippen molar-refractivity contribution in [3.05, 3.63) is 23.8 Å². The first-order valence-corrected chi connectivity index (χ1v) is 10.5. The van der Waals surface area contributed by atoms with E-state index in [1.165, 1.54) is 23.4 Å². The molecule has 1 N–H and O–H groups in total. The minimum Gasteiger partial charge on any atom is -0.371 e. The topological polar surface area (TPSA) is 69.7 Å². The van der Waals surface area contributed by atoms with Crippen LogP contribution in [0.1, 0.15) is 56.9 Å². The molecule has 0 atom stereocenters. The molecular weight excluding hydrogens is 354 g/mol. The van der Waals surface area contributed by atoms with E-state index in [2.05, 4.69) is 10.2 Å². The molecule has 2 saturated heterocycles. The van der Waals surface area contributed by atoms with E-state index in [0.717, 1.165) is 50.8 Å². The number of hydrogen-bond donors (Lipinski definition) is 1. The predicted molar refractivity (Wildman–Crippen MR) is 108 cm³/mol. The second-order valence-corrected chi connectivity index (χ2v) is 8.55. The summed E-state index contributed by atoms with van der Waals surface area (Å²) in [6.07, 6.45) is 7.34. The summed E-state index contributed by atoms with van der Waals surface area (Å²) in [5.74, 6) is -0.668. The quantitative estimate of drug-likeness (QED) is 0.811. The Balaban J connectivity index is 1.39. The zero-order valence-corrected chi connectivity index (χ0v) is 16.6. The SMILES string of the molecule is Cc1cc(NC(=O)CN2C(=O)CC3(CCCCC3)C2=O)ccc1N1CCCC1. The summed E-state index contributed by atoms with van der Waals surface area (Å²) in [7, 11) is 0. The monoisotopic (exact) mass is 383 g/mol. The van der Waals surface area contributed by atoms with E-state index in [4.69, 9.17) is 0 Å². The summed E-state index contributed by atoms with van der Waals surface area (Å²) in [5.41, 5.74) is 2.49. The van der Waals surface area contributed by atoms with Crippen molar-refractivity contribution >= 4 is 29.1 Å². The summed E-state index contributed by atoms with van der Waals surface area (Å²) in [6, 6.07) is 5.90. The third-order valence-corrected chi connectivity index (χ3v) is 6.53. The van der Waals surface area contributed by atoms with Gasteiger partial charge in [-0.05, 0) is 56.4 Å². The van der Waals surface area contributed by atoms with E-state index < -0.39 is 5.41 Å². The van der Waals surface area contributed by atoms with Crippen LogP contribution in [0.25, 0.3) is 0 Å². The van der Waals surface area contributed by atoms with Gasteiger partial charge in [0.1, 0.15) is 6.54 Å². The van der Waals surface area contributed by atoms with Gasteiger partial charge in [0, 0.05) is 30.9 Å². The largest absolute Gasteiger partial charge is 0.371 e. The van der Waals surface area contributed by atoms with E-state index in [1.54, 1.807) is 0 Å². The molecule has 0 aromatic heterocycles. The van der Waals surface area contributed by atoms with E-state index in [9.17, 15) is 14.4 Å². The Hall–Kier alpha value is -2.37. The molecule has 150 valence electrons. The molecule has 1 aromatic carbocycles. The van der Waals surface area contributed by atoms with Crippen LogP contribution in [0, 0.1) is 12.3 Å². The molecule has 2 heterocycles. The van der Waals surface area contributed by atoms with Gasteiger partial charge in [-0.25, -0.2) is 0 Å². The van der Waals surface area contributed by atoms with Crippen molar-refractivity contribution < 1.29 is 14.4 Å². The van der Waals surface area contributed by atoms with Crippen LogP contribution >= 0.6 is 0 Å². The van der Waals surface area contributed by atoms with Gasteiger partial charge < -0.3 is 10.2 Å². The average Bonchev–Trinajstić information content (AvgIpc) is 3.27. The van der Waals surface area contributed by atoms with Crippen LogP contribution in [0.5, 0.6) is 0 Å². The van der Waals surface area contributed by atoms with Gasteiger partial charge >= 0.3 is 0 Å². The number of rotatable bonds is 4. The maximum atomic E-state index is 12.8. The van der Waals surface area contributed by atoms with Crippen molar-refractivity contribution in [3.63, 3.8) is 0 Å².